The Morgan fingerprint density at radius 1 is 1.17 bits per heavy atom. The molecule has 1 N–H and O–H groups in total. The molecule has 0 bridgehead atoms. The van der Waals surface area contributed by atoms with Gasteiger partial charge >= 0.3 is 0 Å². The van der Waals surface area contributed by atoms with Crippen LogP contribution in [0, 0.1) is 6.92 Å². The van der Waals surface area contributed by atoms with E-state index < -0.39 is 0 Å². The zero-order valence-electron chi connectivity index (χ0n) is 16.9. The second-order valence-corrected chi connectivity index (χ2v) is 7.96. The van der Waals surface area contributed by atoms with Crippen LogP contribution >= 0.6 is 11.6 Å². The molecule has 0 aliphatic carbocycles. The van der Waals surface area contributed by atoms with Gasteiger partial charge in [0.05, 0.1) is 17.3 Å². The molecule has 1 amide bonds. The molecule has 0 spiro atoms. The number of nitrogens with one attached hydrogen (secondary N) is 1. The van der Waals surface area contributed by atoms with Crippen molar-refractivity contribution in [1.29, 1.82) is 0 Å². The molecular formula is C23H24ClN5O. The van der Waals surface area contributed by atoms with Crippen LogP contribution in [0.4, 0.5) is 5.69 Å². The maximum absolute atomic E-state index is 12.7. The molecule has 1 unspecified atom stereocenters. The van der Waals surface area contributed by atoms with Crippen molar-refractivity contribution in [2.75, 3.05) is 11.9 Å². The van der Waals surface area contributed by atoms with Crippen LogP contribution in [0.25, 0.3) is 0 Å². The monoisotopic (exact) mass is 421 g/mol. The first kappa shape index (κ1) is 20.4. The Hall–Kier alpha value is -2.83. The lowest BCUT2D eigenvalue weighted by molar-refractivity contribution is 0.102. The molecule has 2 aromatic heterocycles. The number of halogens is 1. The minimum atomic E-state index is -0.223. The highest BCUT2D eigenvalue weighted by molar-refractivity contribution is 6.30. The third-order valence-corrected chi connectivity index (χ3v) is 5.64. The zero-order valence-corrected chi connectivity index (χ0v) is 17.6. The summed E-state index contributed by atoms with van der Waals surface area (Å²) in [5, 5.41) is 3.50. The van der Waals surface area contributed by atoms with Crippen molar-refractivity contribution >= 4 is 23.2 Å². The standard InChI is InChI=1S/C23H24ClN5O/c1-16-20(23(30)28-19-7-5-18(24)6-8-19)14-26-22(27-16)21-4-2-3-13-29(21)15-17-9-11-25-12-10-17/h5-12,14,21H,2-4,13,15H2,1H3,(H,28,30). The highest BCUT2D eigenvalue weighted by Gasteiger charge is 2.27. The van der Waals surface area contributed by atoms with Crippen molar-refractivity contribution in [3.63, 3.8) is 0 Å². The molecule has 1 atom stereocenters. The van der Waals surface area contributed by atoms with Crippen LogP contribution in [-0.4, -0.2) is 32.3 Å². The first-order valence-corrected chi connectivity index (χ1v) is 10.5. The van der Waals surface area contributed by atoms with Crippen molar-refractivity contribution in [3.05, 3.63) is 82.7 Å². The van der Waals surface area contributed by atoms with E-state index in [0.717, 1.165) is 31.8 Å². The van der Waals surface area contributed by atoms with Gasteiger partial charge in [0.25, 0.3) is 5.91 Å². The highest BCUT2D eigenvalue weighted by Crippen LogP contribution is 2.30. The minimum absolute atomic E-state index is 0.152. The molecule has 3 heterocycles. The number of carbonyl (C=O) groups is 1. The first-order chi connectivity index (χ1) is 14.6. The largest absolute Gasteiger partial charge is 0.322 e. The highest BCUT2D eigenvalue weighted by atomic mass is 35.5. The summed E-state index contributed by atoms with van der Waals surface area (Å²) in [7, 11) is 0. The van der Waals surface area contributed by atoms with Crippen molar-refractivity contribution < 1.29 is 4.79 Å². The number of aromatic nitrogens is 3. The number of amides is 1. The Labute approximate surface area is 181 Å². The van der Waals surface area contributed by atoms with Crippen LogP contribution < -0.4 is 5.32 Å². The lowest BCUT2D eigenvalue weighted by Crippen LogP contribution is -2.34. The predicted molar refractivity (Wildman–Crippen MR) is 117 cm³/mol. The van der Waals surface area contributed by atoms with Gasteiger partial charge < -0.3 is 5.32 Å². The summed E-state index contributed by atoms with van der Waals surface area (Å²) in [6, 6.07) is 11.3. The smallest absolute Gasteiger partial charge is 0.259 e. The molecule has 1 saturated heterocycles. The van der Waals surface area contributed by atoms with Gasteiger partial charge in [0.15, 0.2) is 0 Å². The van der Waals surface area contributed by atoms with Crippen molar-refractivity contribution in [2.45, 2.75) is 38.8 Å². The summed E-state index contributed by atoms with van der Waals surface area (Å²) in [5.41, 5.74) is 3.07. The van der Waals surface area contributed by atoms with E-state index in [-0.39, 0.29) is 11.9 Å². The number of benzene rings is 1. The lowest BCUT2D eigenvalue weighted by Gasteiger charge is -2.34. The van der Waals surface area contributed by atoms with Crippen LogP contribution in [0.15, 0.2) is 55.0 Å². The van der Waals surface area contributed by atoms with Crippen molar-refractivity contribution in [1.82, 2.24) is 19.9 Å². The van der Waals surface area contributed by atoms with E-state index in [0.29, 0.717) is 22.0 Å². The normalized spacial score (nSPS) is 16.9. The SMILES string of the molecule is Cc1nc(C2CCCCN2Cc2ccncc2)ncc1C(=O)Nc1ccc(Cl)cc1. The maximum atomic E-state index is 12.7. The van der Waals surface area contributed by atoms with E-state index in [1.165, 1.54) is 12.0 Å². The molecule has 154 valence electrons. The van der Waals surface area contributed by atoms with Crippen molar-refractivity contribution in [2.24, 2.45) is 0 Å². The summed E-state index contributed by atoms with van der Waals surface area (Å²) >= 11 is 5.90. The molecule has 6 nitrogen and oxygen atoms in total. The Balaban J connectivity index is 1.50. The van der Waals surface area contributed by atoms with Crippen LogP contribution in [0.1, 0.15) is 52.7 Å². The van der Waals surface area contributed by atoms with Gasteiger partial charge in [-0.1, -0.05) is 18.0 Å². The van der Waals surface area contributed by atoms with E-state index in [1.54, 1.807) is 30.5 Å². The van der Waals surface area contributed by atoms with E-state index in [9.17, 15) is 4.79 Å². The molecular weight excluding hydrogens is 398 g/mol. The van der Waals surface area contributed by atoms with Gasteiger partial charge in [-0.05, 0) is 68.3 Å². The van der Waals surface area contributed by atoms with Gasteiger partial charge in [0.2, 0.25) is 0 Å². The van der Waals surface area contributed by atoms with Crippen LogP contribution in [0.3, 0.4) is 0 Å². The molecule has 30 heavy (non-hydrogen) atoms. The Bertz CT molecular complexity index is 1010. The lowest BCUT2D eigenvalue weighted by atomic mass is 10.00. The number of pyridine rings is 1. The average molecular weight is 422 g/mol. The van der Waals surface area contributed by atoms with Gasteiger partial charge in [-0.25, -0.2) is 9.97 Å². The molecule has 1 aliphatic heterocycles. The average Bonchev–Trinajstić information content (AvgIpc) is 2.76. The summed E-state index contributed by atoms with van der Waals surface area (Å²) in [6.45, 7) is 3.71. The van der Waals surface area contributed by atoms with Gasteiger partial charge in [-0.3, -0.25) is 14.7 Å². The van der Waals surface area contributed by atoms with Gasteiger partial charge in [0, 0.05) is 35.8 Å². The minimum Gasteiger partial charge on any atom is -0.322 e. The quantitative estimate of drug-likeness (QED) is 0.639. The summed E-state index contributed by atoms with van der Waals surface area (Å²) in [5.74, 6) is 0.558. The van der Waals surface area contributed by atoms with Gasteiger partial charge in [0.1, 0.15) is 5.82 Å². The fraction of sp³-hybridized carbons (Fsp3) is 0.304. The number of rotatable bonds is 5. The maximum Gasteiger partial charge on any atom is 0.259 e. The Morgan fingerprint density at radius 2 is 1.93 bits per heavy atom. The number of piperidine rings is 1. The topological polar surface area (TPSA) is 71.0 Å². The molecule has 7 heteroatoms. The number of carbonyl (C=O) groups excluding carboxylic acids is 1. The van der Waals surface area contributed by atoms with Gasteiger partial charge in [-0.15, -0.1) is 0 Å². The number of hydrogen-bond acceptors (Lipinski definition) is 5. The van der Waals surface area contributed by atoms with E-state index >= 15 is 0 Å². The fourth-order valence-electron chi connectivity index (χ4n) is 3.80. The number of anilines is 1. The van der Waals surface area contributed by atoms with Crippen LogP contribution in [-0.2, 0) is 6.54 Å². The summed E-state index contributed by atoms with van der Waals surface area (Å²) in [6.07, 6.45) is 8.62. The van der Waals surface area contributed by atoms with E-state index in [1.807, 2.05) is 31.5 Å². The summed E-state index contributed by atoms with van der Waals surface area (Å²) in [4.78, 5) is 28.5. The van der Waals surface area contributed by atoms with E-state index in [4.69, 9.17) is 16.6 Å². The zero-order chi connectivity index (χ0) is 20.9. The second-order valence-electron chi connectivity index (χ2n) is 7.53. The number of likely N-dealkylation sites (tertiary alicyclic amines) is 1. The third-order valence-electron chi connectivity index (χ3n) is 5.39. The number of hydrogen-bond donors (Lipinski definition) is 1. The van der Waals surface area contributed by atoms with E-state index in [2.05, 4.69) is 20.2 Å². The van der Waals surface area contributed by atoms with Crippen molar-refractivity contribution in [3.8, 4) is 0 Å². The Kier molecular flexibility index (Phi) is 6.35. The van der Waals surface area contributed by atoms with Crippen LogP contribution in [0.2, 0.25) is 5.02 Å². The summed E-state index contributed by atoms with van der Waals surface area (Å²) < 4.78 is 0. The Morgan fingerprint density at radius 3 is 2.67 bits per heavy atom. The fourth-order valence-corrected chi connectivity index (χ4v) is 3.92. The molecule has 1 aliphatic rings. The first-order valence-electron chi connectivity index (χ1n) is 10.1. The van der Waals surface area contributed by atoms with Gasteiger partial charge in [-0.2, -0.15) is 0 Å². The second kappa shape index (κ2) is 9.32. The predicted octanol–water partition coefficient (Wildman–Crippen LogP) is 4.81. The molecule has 1 fully saturated rings. The molecule has 3 aromatic rings. The van der Waals surface area contributed by atoms with Crippen LogP contribution in [0.5, 0.6) is 0 Å². The molecule has 0 saturated carbocycles. The number of aryl methyl sites for hydroxylation is 1. The molecule has 0 radical (unpaired) electrons. The number of nitrogens with zero attached hydrogens (tertiary/aromatic N) is 4. The molecule has 1 aromatic carbocycles. The third kappa shape index (κ3) is 4.83. The molecule has 4 rings (SSSR count).